The summed E-state index contributed by atoms with van der Waals surface area (Å²) in [4.78, 5) is 24.3. The van der Waals surface area contributed by atoms with Crippen LogP contribution in [0.4, 0.5) is 0 Å². The van der Waals surface area contributed by atoms with Gasteiger partial charge < -0.3 is 23.9 Å². The molecule has 0 spiro atoms. The predicted molar refractivity (Wildman–Crippen MR) is 160 cm³/mol. The Bertz CT molecular complexity index is 1420. The monoisotopic (exact) mass is 561 g/mol. The number of carboxylic acids is 1. The van der Waals surface area contributed by atoms with Crippen LogP contribution in [0.1, 0.15) is 95.0 Å². The lowest BCUT2D eigenvalue weighted by Gasteiger charge is -2.25. The number of benzene rings is 2. The van der Waals surface area contributed by atoms with Gasteiger partial charge in [-0.15, -0.1) is 0 Å². The Hall–Kier alpha value is -3.48. The van der Waals surface area contributed by atoms with E-state index in [9.17, 15) is 14.7 Å². The normalized spacial score (nSPS) is 16.4. The molecule has 2 heterocycles. The molecule has 0 radical (unpaired) electrons. The molecule has 1 N–H and O–H groups in total. The molecule has 2 aliphatic rings. The lowest BCUT2D eigenvalue weighted by Crippen LogP contribution is -2.28. The van der Waals surface area contributed by atoms with Gasteiger partial charge in [-0.2, -0.15) is 0 Å². The molecule has 1 saturated carbocycles. The molecule has 0 unspecified atom stereocenters. The molecule has 2 aromatic carbocycles. The first-order valence-electron chi connectivity index (χ1n) is 15.0. The Kier molecular flexibility index (Phi) is 8.35. The predicted octanol–water partition coefficient (Wildman–Crippen LogP) is 7.83. The van der Waals surface area contributed by atoms with Gasteiger partial charge >= 0.3 is 11.9 Å². The molecule has 1 fully saturated rings. The van der Waals surface area contributed by atoms with Crippen LogP contribution in [0, 0.1) is 11.8 Å². The maximum atomic E-state index is 12.5. The third-order valence-electron chi connectivity index (χ3n) is 8.40. The third kappa shape index (κ3) is 6.39. The zero-order valence-corrected chi connectivity index (χ0v) is 25.0. The summed E-state index contributed by atoms with van der Waals surface area (Å²) in [6.45, 7) is 11.4. The second-order valence-corrected chi connectivity index (χ2v) is 12.9. The van der Waals surface area contributed by atoms with Crippen molar-refractivity contribution in [2.24, 2.45) is 11.8 Å². The number of hydrogen-bond donors (Lipinski definition) is 1. The summed E-state index contributed by atoms with van der Waals surface area (Å²) in [6, 6.07) is 11.6. The minimum atomic E-state index is -0.917. The quantitative estimate of drug-likeness (QED) is 0.282. The summed E-state index contributed by atoms with van der Waals surface area (Å²) in [6.07, 6.45) is 6.26. The van der Waals surface area contributed by atoms with E-state index >= 15 is 0 Å². The first-order valence-corrected chi connectivity index (χ1v) is 15.0. The van der Waals surface area contributed by atoms with Crippen molar-refractivity contribution < 1.29 is 28.9 Å². The van der Waals surface area contributed by atoms with E-state index in [1.54, 1.807) is 6.07 Å². The van der Waals surface area contributed by atoms with Crippen LogP contribution in [0.3, 0.4) is 0 Å². The molecule has 0 bridgehead atoms. The van der Waals surface area contributed by atoms with E-state index in [1.165, 1.54) is 24.8 Å². The highest BCUT2D eigenvalue weighted by Gasteiger charge is 2.30. The minimum absolute atomic E-state index is 0.0217. The summed E-state index contributed by atoms with van der Waals surface area (Å²) < 4.78 is 20.3. The van der Waals surface area contributed by atoms with Crippen LogP contribution in [-0.2, 0) is 16.1 Å². The summed E-state index contributed by atoms with van der Waals surface area (Å²) in [7, 11) is 0. The van der Waals surface area contributed by atoms with Crippen molar-refractivity contribution in [1.29, 1.82) is 0 Å². The van der Waals surface area contributed by atoms with E-state index in [0.717, 1.165) is 40.8 Å². The highest BCUT2D eigenvalue weighted by atomic mass is 16.6. The van der Waals surface area contributed by atoms with Crippen LogP contribution >= 0.6 is 0 Å². The average Bonchev–Trinajstić information content (AvgIpc) is 3.11. The zero-order valence-electron chi connectivity index (χ0n) is 25.0. The Labute approximate surface area is 242 Å². The summed E-state index contributed by atoms with van der Waals surface area (Å²) in [5.74, 6) is 1.06. The van der Waals surface area contributed by atoms with Crippen molar-refractivity contribution in [2.45, 2.75) is 91.2 Å². The Morgan fingerprint density at radius 1 is 1.07 bits per heavy atom. The fraction of sp³-hybridized carbons (Fsp3) is 0.529. The number of nitrogens with zero attached hydrogens (tertiary/aromatic N) is 1. The summed E-state index contributed by atoms with van der Waals surface area (Å²) in [5.41, 5.74) is 4.21. The van der Waals surface area contributed by atoms with E-state index in [0.29, 0.717) is 43.4 Å². The van der Waals surface area contributed by atoms with Crippen LogP contribution in [0.5, 0.6) is 11.5 Å². The molecule has 41 heavy (non-hydrogen) atoms. The van der Waals surface area contributed by atoms with Crippen LogP contribution in [-0.4, -0.2) is 40.4 Å². The Morgan fingerprint density at radius 2 is 1.83 bits per heavy atom. The van der Waals surface area contributed by atoms with Crippen molar-refractivity contribution in [3.05, 3.63) is 47.5 Å². The first-order chi connectivity index (χ1) is 19.5. The van der Waals surface area contributed by atoms with Crippen LogP contribution in [0.15, 0.2) is 36.4 Å². The second kappa shape index (κ2) is 11.8. The van der Waals surface area contributed by atoms with Gasteiger partial charge in [0, 0.05) is 28.5 Å². The molecular formula is C34H43NO6. The van der Waals surface area contributed by atoms with Gasteiger partial charge in [-0.05, 0) is 75.3 Å². The number of carboxylic acid groups (broad SMARTS) is 1. The second-order valence-electron chi connectivity index (χ2n) is 12.9. The van der Waals surface area contributed by atoms with Crippen molar-refractivity contribution in [3.63, 3.8) is 0 Å². The number of aromatic carboxylic acids is 1. The van der Waals surface area contributed by atoms with E-state index in [1.807, 2.05) is 45.0 Å². The molecule has 7 heteroatoms. The van der Waals surface area contributed by atoms with Gasteiger partial charge in [-0.3, -0.25) is 4.79 Å². The minimum Gasteiger partial charge on any atom is -0.493 e. The molecule has 1 aliphatic carbocycles. The highest BCUT2D eigenvalue weighted by molar-refractivity contribution is 5.98. The average molecular weight is 562 g/mol. The molecule has 5 rings (SSSR count). The maximum absolute atomic E-state index is 12.5. The number of carbonyl (C=O) groups excluding carboxylic acids is 1. The number of fused-ring (bicyclic) bond motifs is 5. The SMILES string of the molecule is CC(C)[C@@H](COc1ccc2c(c1)OCCn1c-2c(C2CCCCC2)c2ccc(C(=O)O)cc21)CC(=O)OC(C)(C)C. The standard InChI is InChI=1S/C34H43NO6/c1-21(2)24(18-30(36)41-34(3,4)5)20-40-25-12-14-27-29(19-25)39-16-15-35-28-17-23(33(37)38)11-13-26(28)31(32(27)35)22-9-7-6-8-10-22/h11-14,17,19,21-22,24H,6-10,15-16,18,20H2,1-5H3,(H,37,38)/t24-/m1/s1. The van der Waals surface area contributed by atoms with Gasteiger partial charge in [0.2, 0.25) is 0 Å². The van der Waals surface area contributed by atoms with E-state index in [2.05, 4.69) is 24.5 Å². The van der Waals surface area contributed by atoms with Crippen molar-refractivity contribution >= 4 is 22.8 Å². The van der Waals surface area contributed by atoms with E-state index in [4.69, 9.17) is 14.2 Å². The fourth-order valence-corrected chi connectivity index (χ4v) is 6.28. The van der Waals surface area contributed by atoms with Crippen molar-refractivity contribution in [2.75, 3.05) is 13.2 Å². The van der Waals surface area contributed by atoms with Crippen LogP contribution in [0.2, 0.25) is 0 Å². The first kappa shape index (κ1) is 29.0. The summed E-state index contributed by atoms with van der Waals surface area (Å²) in [5, 5.41) is 10.8. The van der Waals surface area contributed by atoms with Crippen LogP contribution in [0.25, 0.3) is 22.2 Å². The topological polar surface area (TPSA) is 87.0 Å². The van der Waals surface area contributed by atoms with Crippen LogP contribution < -0.4 is 9.47 Å². The van der Waals surface area contributed by atoms with Gasteiger partial charge in [-0.1, -0.05) is 39.2 Å². The molecular weight excluding hydrogens is 518 g/mol. The van der Waals surface area contributed by atoms with E-state index < -0.39 is 11.6 Å². The van der Waals surface area contributed by atoms with Gasteiger partial charge in [0.05, 0.1) is 30.8 Å². The number of aromatic nitrogens is 1. The molecule has 220 valence electrons. The number of esters is 1. The molecule has 1 atom stereocenters. The number of hydrogen-bond acceptors (Lipinski definition) is 5. The Morgan fingerprint density at radius 3 is 2.51 bits per heavy atom. The largest absolute Gasteiger partial charge is 0.493 e. The smallest absolute Gasteiger partial charge is 0.335 e. The molecule has 1 aliphatic heterocycles. The fourth-order valence-electron chi connectivity index (χ4n) is 6.28. The number of rotatable bonds is 8. The van der Waals surface area contributed by atoms with Crippen molar-refractivity contribution in [1.82, 2.24) is 4.57 Å². The van der Waals surface area contributed by atoms with Gasteiger partial charge in [0.1, 0.15) is 23.7 Å². The summed E-state index contributed by atoms with van der Waals surface area (Å²) >= 11 is 0. The molecule has 7 nitrogen and oxygen atoms in total. The third-order valence-corrected chi connectivity index (χ3v) is 8.40. The zero-order chi connectivity index (χ0) is 29.3. The molecule has 0 amide bonds. The molecule has 0 saturated heterocycles. The van der Waals surface area contributed by atoms with Crippen molar-refractivity contribution in [3.8, 4) is 22.8 Å². The lowest BCUT2D eigenvalue weighted by atomic mass is 9.81. The molecule has 1 aromatic heterocycles. The highest BCUT2D eigenvalue weighted by Crippen LogP contribution is 2.47. The number of carbonyl (C=O) groups is 2. The van der Waals surface area contributed by atoms with Gasteiger partial charge in [0.25, 0.3) is 0 Å². The molecule has 3 aromatic rings. The lowest BCUT2D eigenvalue weighted by molar-refractivity contribution is -0.156. The van der Waals surface area contributed by atoms with Gasteiger partial charge in [0.15, 0.2) is 0 Å². The Balaban J connectivity index is 1.47. The van der Waals surface area contributed by atoms with Gasteiger partial charge in [-0.25, -0.2) is 4.79 Å². The maximum Gasteiger partial charge on any atom is 0.335 e. The number of ether oxygens (including phenoxy) is 3. The van der Waals surface area contributed by atoms with E-state index in [-0.39, 0.29) is 17.8 Å².